The molecule has 0 aliphatic heterocycles. The summed E-state index contributed by atoms with van der Waals surface area (Å²) in [4.78, 5) is 0. The van der Waals surface area contributed by atoms with E-state index >= 15 is 0 Å². The highest BCUT2D eigenvalue weighted by Gasteiger charge is 2.16. The Labute approximate surface area is 128 Å². The van der Waals surface area contributed by atoms with Crippen LogP contribution in [-0.2, 0) is 0 Å². The number of alkyl halides is 1. The molecule has 2 aromatic carbocycles. The van der Waals surface area contributed by atoms with Gasteiger partial charge in [-0.25, -0.2) is 4.39 Å². The first-order valence-corrected chi connectivity index (χ1v) is 7.16. The van der Waals surface area contributed by atoms with Gasteiger partial charge in [0.25, 0.3) is 0 Å². The van der Waals surface area contributed by atoms with E-state index in [1.54, 1.807) is 13.0 Å². The Morgan fingerprint density at radius 2 is 1.85 bits per heavy atom. The van der Waals surface area contributed by atoms with Crippen LogP contribution in [0.4, 0.5) is 4.39 Å². The molecule has 0 aliphatic rings. The van der Waals surface area contributed by atoms with Crippen molar-refractivity contribution in [3.05, 3.63) is 63.9 Å². The SMILES string of the molecule is CCOc1ccc(C(Cl)c2cc(C)c(F)cc2Cl)cc1. The fraction of sp³-hybridized carbons (Fsp3) is 0.250. The lowest BCUT2D eigenvalue weighted by atomic mass is 10.0. The molecule has 0 aliphatic carbocycles. The lowest BCUT2D eigenvalue weighted by Crippen LogP contribution is -1.98. The van der Waals surface area contributed by atoms with E-state index in [9.17, 15) is 4.39 Å². The van der Waals surface area contributed by atoms with Crippen LogP contribution in [0.15, 0.2) is 36.4 Å². The summed E-state index contributed by atoms with van der Waals surface area (Å²) in [6.45, 7) is 4.24. The van der Waals surface area contributed by atoms with Crippen molar-refractivity contribution in [1.82, 2.24) is 0 Å². The molecule has 0 fully saturated rings. The molecule has 1 atom stereocenters. The van der Waals surface area contributed by atoms with Gasteiger partial charge >= 0.3 is 0 Å². The number of hydrogen-bond donors (Lipinski definition) is 0. The Hall–Kier alpha value is -1.25. The average molecular weight is 313 g/mol. The summed E-state index contributed by atoms with van der Waals surface area (Å²) < 4.78 is 18.8. The number of halogens is 3. The number of hydrogen-bond acceptors (Lipinski definition) is 1. The van der Waals surface area contributed by atoms with Gasteiger partial charge in [-0.3, -0.25) is 0 Å². The fourth-order valence-corrected chi connectivity index (χ4v) is 2.59. The van der Waals surface area contributed by atoms with Gasteiger partial charge in [0.2, 0.25) is 0 Å². The molecule has 20 heavy (non-hydrogen) atoms. The molecule has 0 spiro atoms. The maximum atomic E-state index is 13.4. The lowest BCUT2D eigenvalue weighted by Gasteiger charge is -2.14. The first-order chi connectivity index (χ1) is 9.52. The summed E-state index contributed by atoms with van der Waals surface area (Å²) in [6, 6.07) is 10.5. The largest absolute Gasteiger partial charge is 0.494 e. The summed E-state index contributed by atoms with van der Waals surface area (Å²) in [5.74, 6) is 0.468. The Kier molecular flexibility index (Phi) is 4.90. The minimum absolute atomic E-state index is 0.325. The van der Waals surface area contributed by atoms with Crippen molar-refractivity contribution in [3.8, 4) is 5.75 Å². The van der Waals surface area contributed by atoms with Gasteiger partial charge < -0.3 is 4.74 Å². The number of rotatable bonds is 4. The second-order valence-corrected chi connectivity index (χ2v) is 5.33. The normalized spacial score (nSPS) is 12.2. The van der Waals surface area contributed by atoms with Crippen LogP contribution in [0.5, 0.6) is 5.75 Å². The van der Waals surface area contributed by atoms with Gasteiger partial charge in [0.1, 0.15) is 11.6 Å². The van der Waals surface area contributed by atoms with Gasteiger partial charge in [0.05, 0.1) is 12.0 Å². The van der Waals surface area contributed by atoms with E-state index in [1.165, 1.54) is 6.07 Å². The summed E-state index contributed by atoms with van der Waals surface area (Å²) in [7, 11) is 0. The molecule has 0 amide bonds. The van der Waals surface area contributed by atoms with Crippen LogP contribution < -0.4 is 4.74 Å². The van der Waals surface area contributed by atoms with E-state index in [0.29, 0.717) is 22.8 Å². The van der Waals surface area contributed by atoms with Gasteiger partial charge in [0, 0.05) is 5.02 Å². The van der Waals surface area contributed by atoms with E-state index in [-0.39, 0.29) is 5.82 Å². The van der Waals surface area contributed by atoms with Crippen molar-refractivity contribution in [2.24, 2.45) is 0 Å². The van der Waals surface area contributed by atoms with Crippen molar-refractivity contribution >= 4 is 23.2 Å². The highest BCUT2D eigenvalue weighted by atomic mass is 35.5. The summed E-state index contributed by atoms with van der Waals surface area (Å²) >= 11 is 12.5. The lowest BCUT2D eigenvalue weighted by molar-refractivity contribution is 0.340. The Morgan fingerprint density at radius 1 is 1.20 bits per heavy atom. The molecule has 0 heterocycles. The smallest absolute Gasteiger partial charge is 0.127 e. The first-order valence-electron chi connectivity index (χ1n) is 6.35. The van der Waals surface area contributed by atoms with Crippen molar-refractivity contribution in [1.29, 1.82) is 0 Å². The highest BCUT2D eigenvalue weighted by Crippen LogP contribution is 2.35. The van der Waals surface area contributed by atoms with Crippen LogP contribution >= 0.6 is 23.2 Å². The molecule has 2 rings (SSSR count). The number of benzene rings is 2. The monoisotopic (exact) mass is 312 g/mol. The molecule has 1 unspecified atom stereocenters. The summed E-state index contributed by atoms with van der Waals surface area (Å²) in [5.41, 5.74) is 2.13. The Balaban J connectivity index is 2.31. The van der Waals surface area contributed by atoms with Crippen molar-refractivity contribution in [3.63, 3.8) is 0 Å². The van der Waals surface area contributed by atoms with Crippen molar-refractivity contribution < 1.29 is 9.13 Å². The zero-order chi connectivity index (χ0) is 14.7. The van der Waals surface area contributed by atoms with Gasteiger partial charge in [-0.05, 0) is 54.8 Å². The molecule has 0 saturated heterocycles. The molecule has 4 heteroatoms. The molecule has 0 saturated carbocycles. The predicted molar refractivity (Wildman–Crippen MR) is 81.5 cm³/mol. The molecule has 1 nitrogen and oxygen atoms in total. The third-order valence-corrected chi connectivity index (χ3v) is 3.85. The maximum absolute atomic E-state index is 13.4. The summed E-state index contributed by atoms with van der Waals surface area (Å²) in [6.07, 6.45) is 0. The van der Waals surface area contributed by atoms with Gasteiger partial charge in [-0.2, -0.15) is 0 Å². The van der Waals surface area contributed by atoms with Crippen LogP contribution in [-0.4, -0.2) is 6.61 Å². The van der Waals surface area contributed by atoms with Gasteiger partial charge in [-0.1, -0.05) is 23.7 Å². The Morgan fingerprint density at radius 3 is 2.45 bits per heavy atom. The van der Waals surface area contributed by atoms with E-state index in [1.807, 2.05) is 31.2 Å². The second-order valence-electron chi connectivity index (χ2n) is 4.49. The van der Waals surface area contributed by atoms with E-state index < -0.39 is 5.38 Å². The van der Waals surface area contributed by atoms with Crippen LogP contribution in [0.25, 0.3) is 0 Å². The zero-order valence-corrected chi connectivity index (χ0v) is 12.8. The first kappa shape index (κ1) is 15.1. The van der Waals surface area contributed by atoms with E-state index in [0.717, 1.165) is 11.3 Å². The average Bonchev–Trinajstić information content (AvgIpc) is 2.43. The standard InChI is InChI=1S/C16H15Cl2FO/c1-3-20-12-6-4-11(5-7-12)16(18)13-8-10(2)15(19)9-14(13)17/h4-9,16H,3H2,1-2H3. The second kappa shape index (κ2) is 6.47. The minimum Gasteiger partial charge on any atom is -0.494 e. The molecule has 0 aromatic heterocycles. The van der Waals surface area contributed by atoms with E-state index in [2.05, 4.69) is 0 Å². The van der Waals surface area contributed by atoms with Crippen molar-refractivity contribution in [2.45, 2.75) is 19.2 Å². The van der Waals surface area contributed by atoms with Crippen LogP contribution in [0, 0.1) is 12.7 Å². The highest BCUT2D eigenvalue weighted by molar-refractivity contribution is 6.33. The van der Waals surface area contributed by atoms with Crippen LogP contribution in [0.3, 0.4) is 0 Å². The quantitative estimate of drug-likeness (QED) is 0.676. The molecule has 0 bridgehead atoms. The molecular formula is C16H15Cl2FO. The summed E-state index contributed by atoms with van der Waals surface area (Å²) in [5, 5.41) is -0.0838. The van der Waals surface area contributed by atoms with Crippen LogP contribution in [0.1, 0.15) is 29.0 Å². The molecule has 0 N–H and O–H groups in total. The third-order valence-electron chi connectivity index (χ3n) is 3.03. The minimum atomic E-state index is -0.419. The number of aryl methyl sites for hydroxylation is 1. The zero-order valence-electron chi connectivity index (χ0n) is 11.3. The molecular weight excluding hydrogens is 298 g/mol. The number of ether oxygens (including phenoxy) is 1. The predicted octanol–water partition coefficient (Wildman–Crippen LogP) is 5.51. The Bertz CT molecular complexity index is 596. The molecule has 2 aromatic rings. The van der Waals surface area contributed by atoms with E-state index in [4.69, 9.17) is 27.9 Å². The van der Waals surface area contributed by atoms with Crippen molar-refractivity contribution in [2.75, 3.05) is 6.61 Å². The molecule has 106 valence electrons. The van der Waals surface area contributed by atoms with Gasteiger partial charge in [0.15, 0.2) is 0 Å². The topological polar surface area (TPSA) is 9.23 Å². The third kappa shape index (κ3) is 3.25. The van der Waals surface area contributed by atoms with Crippen LogP contribution in [0.2, 0.25) is 5.02 Å². The fourth-order valence-electron chi connectivity index (χ4n) is 1.95. The maximum Gasteiger partial charge on any atom is 0.127 e. The van der Waals surface area contributed by atoms with Gasteiger partial charge in [-0.15, -0.1) is 11.6 Å². The molecule has 0 radical (unpaired) electrons.